The van der Waals surface area contributed by atoms with Crippen LogP contribution in [-0.4, -0.2) is 73.6 Å². The summed E-state index contributed by atoms with van der Waals surface area (Å²) in [5.74, 6) is 1.46. The zero-order valence-electron chi connectivity index (χ0n) is 18.4. The van der Waals surface area contributed by atoms with E-state index >= 15 is 0 Å². The Morgan fingerprint density at radius 2 is 1.93 bits per heavy atom. The lowest BCUT2D eigenvalue weighted by Crippen LogP contribution is -2.42. The fourth-order valence-electron chi connectivity index (χ4n) is 3.37. The van der Waals surface area contributed by atoms with Gasteiger partial charge in [0.1, 0.15) is 12.0 Å². The molecule has 166 valence electrons. The highest BCUT2D eigenvalue weighted by Gasteiger charge is 2.12. The highest BCUT2D eigenvalue weighted by atomic mass is 127. The van der Waals surface area contributed by atoms with Crippen molar-refractivity contribution < 1.29 is 4.42 Å². The van der Waals surface area contributed by atoms with Gasteiger partial charge >= 0.3 is 0 Å². The minimum atomic E-state index is 0. The molecule has 2 aromatic rings. The van der Waals surface area contributed by atoms with Gasteiger partial charge in [-0.3, -0.25) is 0 Å². The summed E-state index contributed by atoms with van der Waals surface area (Å²) in [6.07, 6.45) is 2.93. The molecule has 0 bridgehead atoms. The molecule has 0 radical (unpaired) electrons. The van der Waals surface area contributed by atoms with Crippen molar-refractivity contribution in [3.05, 3.63) is 41.8 Å². The molecule has 2 heterocycles. The number of nitrogens with one attached hydrogen (secondary N) is 2. The predicted octanol–water partition coefficient (Wildman–Crippen LogP) is 2.96. The molecule has 0 unspecified atom stereocenters. The Hall–Kier alpha value is -1.65. The van der Waals surface area contributed by atoms with Gasteiger partial charge in [0, 0.05) is 38.3 Å². The molecule has 3 rings (SSSR count). The number of halogens is 1. The summed E-state index contributed by atoms with van der Waals surface area (Å²) in [4.78, 5) is 14.2. The van der Waals surface area contributed by atoms with Gasteiger partial charge in [0.25, 0.3) is 0 Å². The van der Waals surface area contributed by atoms with Crippen molar-refractivity contribution >= 4 is 29.9 Å². The van der Waals surface area contributed by atoms with Crippen molar-refractivity contribution in [1.82, 2.24) is 25.4 Å². The highest BCUT2D eigenvalue weighted by molar-refractivity contribution is 14.0. The van der Waals surface area contributed by atoms with Crippen LogP contribution in [0.4, 0.5) is 0 Å². The second kappa shape index (κ2) is 12.9. The SMILES string of the molecule is CCNC(=NCc1coc(-c2ccc(C)cc2)n1)NCCN1CCCN(C)CC1.I. The first-order valence-corrected chi connectivity index (χ1v) is 10.6. The van der Waals surface area contributed by atoms with E-state index < -0.39 is 0 Å². The maximum Gasteiger partial charge on any atom is 0.226 e. The average Bonchev–Trinajstić information content (AvgIpc) is 3.09. The van der Waals surface area contributed by atoms with Crippen molar-refractivity contribution in [2.24, 2.45) is 4.99 Å². The first-order valence-electron chi connectivity index (χ1n) is 10.6. The number of benzene rings is 1. The molecule has 1 fully saturated rings. The van der Waals surface area contributed by atoms with Crippen LogP contribution in [0.25, 0.3) is 11.5 Å². The van der Waals surface area contributed by atoms with Crippen molar-refractivity contribution in [3.8, 4) is 11.5 Å². The van der Waals surface area contributed by atoms with Gasteiger partial charge in [-0.05, 0) is 52.5 Å². The van der Waals surface area contributed by atoms with E-state index in [1.54, 1.807) is 6.26 Å². The molecule has 2 N–H and O–H groups in total. The van der Waals surface area contributed by atoms with E-state index in [4.69, 9.17) is 4.42 Å². The Balaban J connectivity index is 0.00000320. The van der Waals surface area contributed by atoms with Crippen LogP contribution in [0.5, 0.6) is 0 Å². The van der Waals surface area contributed by atoms with Crippen LogP contribution in [0.1, 0.15) is 24.6 Å². The molecule has 1 aromatic carbocycles. The number of hydrogen-bond donors (Lipinski definition) is 2. The first-order chi connectivity index (χ1) is 14.1. The van der Waals surface area contributed by atoms with Gasteiger partial charge in [0.2, 0.25) is 5.89 Å². The number of aryl methyl sites for hydroxylation is 1. The Morgan fingerprint density at radius 3 is 2.70 bits per heavy atom. The summed E-state index contributed by atoms with van der Waals surface area (Å²) in [6, 6.07) is 8.18. The zero-order valence-corrected chi connectivity index (χ0v) is 20.7. The maximum atomic E-state index is 5.63. The van der Waals surface area contributed by atoms with E-state index in [1.165, 1.54) is 25.1 Å². The van der Waals surface area contributed by atoms with Crippen LogP contribution < -0.4 is 10.6 Å². The highest BCUT2D eigenvalue weighted by Crippen LogP contribution is 2.19. The number of aromatic nitrogens is 1. The molecule has 1 saturated heterocycles. The van der Waals surface area contributed by atoms with Crippen molar-refractivity contribution in [2.75, 3.05) is 52.9 Å². The summed E-state index contributed by atoms with van der Waals surface area (Å²) in [5, 5.41) is 6.75. The fraction of sp³-hybridized carbons (Fsp3) is 0.545. The number of guanidine groups is 1. The molecule has 1 aromatic heterocycles. The summed E-state index contributed by atoms with van der Waals surface area (Å²) in [5.41, 5.74) is 3.03. The van der Waals surface area contributed by atoms with Gasteiger partial charge in [-0.2, -0.15) is 0 Å². The topological polar surface area (TPSA) is 68.9 Å². The minimum absolute atomic E-state index is 0. The van der Waals surface area contributed by atoms with E-state index in [-0.39, 0.29) is 24.0 Å². The molecular weight excluding hydrogens is 491 g/mol. The molecule has 0 aliphatic carbocycles. The normalized spacial score (nSPS) is 16.0. The summed E-state index contributed by atoms with van der Waals surface area (Å²) in [6.45, 7) is 12.0. The third-order valence-corrected chi connectivity index (χ3v) is 5.13. The van der Waals surface area contributed by atoms with Gasteiger partial charge in [-0.15, -0.1) is 24.0 Å². The lowest BCUT2D eigenvalue weighted by molar-refractivity contribution is 0.280. The molecule has 30 heavy (non-hydrogen) atoms. The van der Waals surface area contributed by atoms with Crippen LogP contribution >= 0.6 is 24.0 Å². The number of likely N-dealkylation sites (N-methyl/N-ethyl adjacent to an activating group) is 1. The van der Waals surface area contributed by atoms with E-state index in [1.807, 2.05) is 12.1 Å². The minimum Gasteiger partial charge on any atom is -0.444 e. The molecule has 0 spiro atoms. The predicted molar refractivity (Wildman–Crippen MR) is 133 cm³/mol. The Morgan fingerprint density at radius 1 is 1.13 bits per heavy atom. The fourth-order valence-corrected chi connectivity index (χ4v) is 3.37. The third-order valence-electron chi connectivity index (χ3n) is 5.13. The zero-order chi connectivity index (χ0) is 20.5. The van der Waals surface area contributed by atoms with Gasteiger partial charge in [-0.1, -0.05) is 17.7 Å². The van der Waals surface area contributed by atoms with Crippen LogP contribution in [0.3, 0.4) is 0 Å². The van der Waals surface area contributed by atoms with Gasteiger partial charge in [0.05, 0.1) is 6.54 Å². The Kier molecular flexibility index (Phi) is 10.6. The number of oxazole rings is 1. The third kappa shape index (κ3) is 7.88. The van der Waals surface area contributed by atoms with E-state index in [9.17, 15) is 0 Å². The Labute approximate surface area is 197 Å². The summed E-state index contributed by atoms with van der Waals surface area (Å²) < 4.78 is 5.63. The average molecular weight is 526 g/mol. The second-order valence-corrected chi connectivity index (χ2v) is 7.63. The smallest absolute Gasteiger partial charge is 0.226 e. The van der Waals surface area contributed by atoms with Crippen molar-refractivity contribution in [1.29, 1.82) is 0 Å². The van der Waals surface area contributed by atoms with E-state index in [2.05, 4.69) is 63.4 Å². The van der Waals surface area contributed by atoms with Crippen LogP contribution in [0.2, 0.25) is 0 Å². The molecule has 7 nitrogen and oxygen atoms in total. The van der Waals surface area contributed by atoms with Crippen LogP contribution in [0, 0.1) is 6.92 Å². The van der Waals surface area contributed by atoms with Crippen LogP contribution in [0.15, 0.2) is 39.9 Å². The number of rotatable bonds is 7. The van der Waals surface area contributed by atoms with Gasteiger partial charge in [-0.25, -0.2) is 9.98 Å². The van der Waals surface area contributed by atoms with Gasteiger partial charge < -0.3 is 24.9 Å². The van der Waals surface area contributed by atoms with Crippen molar-refractivity contribution in [3.63, 3.8) is 0 Å². The quantitative estimate of drug-likeness (QED) is 0.329. The van der Waals surface area contributed by atoms with E-state index in [0.717, 1.165) is 49.9 Å². The Bertz CT molecular complexity index is 776. The second-order valence-electron chi connectivity index (χ2n) is 7.63. The van der Waals surface area contributed by atoms with E-state index in [0.29, 0.717) is 12.4 Å². The molecule has 0 saturated carbocycles. The molecule has 1 aliphatic heterocycles. The molecular formula is C22H35IN6O. The first kappa shape index (κ1) is 24.6. The largest absolute Gasteiger partial charge is 0.444 e. The number of nitrogens with zero attached hydrogens (tertiary/aromatic N) is 4. The summed E-state index contributed by atoms with van der Waals surface area (Å²) in [7, 11) is 2.20. The van der Waals surface area contributed by atoms with Crippen LogP contribution in [-0.2, 0) is 6.54 Å². The number of aliphatic imine (C=N–C) groups is 1. The molecule has 0 amide bonds. The maximum absolute atomic E-state index is 5.63. The lowest BCUT2D eigenvalue weighted by Gasteiger charge is -2.21. The molecule has 0 atom stereocenters. The van der Waals surface area contributed by atoms with Crippen molar-refractivity contribution in [2.45, 2.75) is 26.8 Å². The molecule has 8 heteroatoms. The summed E-state index contributed by atoms with van der Waals surface area (Å²) >= 11 is 0. The molecule has 1 aliphatic rings. The van der Waals surface area contributed by atoms with Gasteiger partial charge in [0.15, 0.2) is 5.96 Å². The monoisotopic (exact) mass is 526 g/mol. The number of hydrogen-bond acceptors (Lipinski definition) is 5. The lowest BCUT2D eigenvalue weighted by atomic mass is 10.1. The standard InChI is InChI=1S/C22H34N6O.HI/c1-4-23-22(24-10-13-28-12-5-11-27(3)14-15-28)25-16-20-17-29-21(26-20)19-8-6-18(2)7-9-19;/h6-9,17H,4-5,10-16H2,1-3H3,(H2,23,24,25);1H.